The van der Waals surface area contributed by atoms with E-state index < -0.39 is 5.97 Å². The molecule has 0 amide bonds. The molecule has 1 N–H and O–H groups in total. The molecule has 1 aliphatic rings. The predicted octanol–water partition coefficient (Wildman–Crippen LogP) is 4.97. The molecule has 174 valence electrons. The van der Waals surface area contributed by atoms with Gasteiger partial charge in [0.05, 0.1) is 13.2 Å². The van der Waals surface area contributed by atoms with Crippen LogP contribution in [-0.2, 0) is 9.53 Å². The van der Waals surface area contributed by atoms with Gasteiger partial charge in [0.15, 0.2) is 0 Å². The molecule has 2 atom stereocenters. The average molecular weight is 460 g/mol. The van der Waals surface area contributed by atoms with Gasteiger partial charge in [-0.25, -0.2) is 14.8 Å². The summed E-state index contributed by atoms with van der Waals surface area (Å²) in [7, 11) is 1.63. The van der Waals surface area contributed by atoms with E-state index in [1.165, 1.54) is 6.33 Å². The summed E-state index contributed by atoms with van der Waals surface area (Å²) < 4.78 is 23.3. The molecule has 0 unspecified atom stereocenters. The van der Waals surface area contributed by atoms with E-state index in [0.29, 0.717) is 29.2 Å². The fourth-order valence-electron chi connectivity index (χ4n) is 4.33. The molecule has 0 saturated heterocycles. The smallest absolute Gasteiger partial charge is 0.329 e. The van der Waals surface area contributed by atoms with Gasteiger partial charge in [0, 0.05) is 17.5 Å². The van der Waals surface area contributed by atoms with E-state index in [1.54, 1.807) is 7.11 Å². The standard InChI is InChI=1S/C26H24N2O6/c1-31-18-9-7-16(8-10-18)22-23-25(33-20-12-11-19(13-20)32-14-21(29)30)27-15-28-26(23)34-24(22)17-5-3-2-4-6-17/h2-10,15,19-20H,11-14H2,1H3,(H,29,30)/t19-,20-/m0/s1. The third-order valence-electron chi connectivity index (χ3n) is 5.93. The van der Waals surface area contributed by atoms with Crippen molar-refractivity contribution in [3.63, 3.8) is 0 Å². The molecule has 5 rings (SSSR count). The lowest BCUT2D eigenvalue weighted by molar-refractivity contribution is -0.144. The quantitative estimate of drug-likeness (QED) is 0.393. The summed E-state index contributed by atoms with van der Waals surface area (Å²) in [5.41, 5.74) is 3.12. The summed E-state index contributed by atoms with van der Waals surface area (Å²) in [6.07, 6.45) is 3.22. The number of methoxy groups -OCH3 is 1. The van der Waals surface area contributed by atoms with E-state index in [-0.39, 0.29) is 18.8 Å². The summed E-state index contributed by atoms with van der Waals surface area (Å²) >= 11 is 0. The Balaban J connectivity index is 1.55. The first-order chi connectivity index (χ1) is 16.6. The minimum Gasteiger partial charge on any atom is -0.497 e. The van der Waals surface area contributed by atoms with Crippen molar-refractivity contribution in [1.82, 2.24) is 9.97 Å². The Morgan fingerprint density at radius 1 is 1.03 bits per heavy atom. The van der Waals surface area contributed by atoms with Crippen molar-refractivity contribution in [1.29, 1.82) is 0 Å². The number of carbonyl (C=O) groups is 1. The van der Waals surface area contributed by atoms with Crippen molar-refractivity contribution in [2.75, 3.05) is 13.7 Å². The molecule has 2 aromatic carbocycles. The molecule has 1 saturated carbocycles. The highest BCUT2D eigenvalue weighted by Gasteiger charge is 2.30. The molecule has 0 spiro atoms. The van der Waals surface area contributed by atoms with Crippen LogP contribution >= 0.6 is 0 Å². The van der Waals surface area contributed by atoms with Crippen LogP contribution in [0.25, 0.3) is 33.6 Å². The van der Waals surface area contributed by atoms with Crippen molar-refractivity contribution < 1.29 is 28.5 Å². The second-order valence-electron chi connectivity index (χ2n) is 8.14. The van der Waals surface area contributed by atoms with Gasteiger partial charge in [0.1, 0.15) is 35.9 Å². The molecule has 8 heteroatoms. The van der Waals surface area contributed by atoms with Crippen molar-refractivity contribution in [3.8, 4) is 34.1 Å². The molecule has 1 aliphatic carbocycles. The van der Waals surface area contributed by atoms with Gasteiger partial charge in [-0.15, -0.1) is 0 Å². The number of aromatic nitrogens is 2. The van der Waals surface area contributed by atoms with Crippen molar-refractivity contribution in [3.05, 3.63) is 60.9 Å². The Morgan fingerprint density at radius 2 is 1.79 bits per heavy atom. The van der Waals surface area contributed by atoms with Gasteiger partial charge in [0.2, 0.25) is 11.6 Å². The Labute approximate surface area is 196 Å². The van der Waals surface area contributed by atoms with Crippen molar-refractivity contribution >= 4 is 17.1 Å². The van der Waals surface area contributed by atoms with Gasteiger partial charge in [0.25, 0.3) is 0 Å². The number of furan rings is 1. The van der Waals surface area contributed by atoms with Crippen LogP contribution in [0.5, 0.6) is 11.6 Å². The van der Waals surface area contributed by atoms with Crippen LogP contribution in [-0.4, -0.2) is 47.0 Å². The number of ether oxygens (including phenoxy) is 3. The summed E-state index contributed by atoms with van der Waals surface area (Å²) in [5.74, 6) is 0.896. The van der Waals surface area contributed by atoms with E-state index in [2.05, 4.69) is 9.97 Å². The Kier molecular flexibility index (Phi) is 6.14. The topological polar surface area (TPSA) is 104 Å². The van der Waals surface area contributed by atoms with E-state index in [1.807, 2.05) is 54.6 Å². The van der Waals surface area contributed by atoms with Crippen molar-refractivity contribution in [2.24, 2.45) is 0 Å². The first kappa shape index (κ1) is 21.9. The van der Waals surface area contributed by atoms with E-state index in [9.17, 15) is 4.79 Å². The lowest BCUT2D eigenvalue weighted by Gasteiger charge is -2.14. The number of aliphatic carboxylic acids is 1. The molecule has 1 fully saturated rings. The first-order valence-electron chi connectivity index (χ1n) is 11.1. The number of carboxylic acid groups (broad SMARTS) is 1. The SMILES string of the molecule is COc1ccc(-c2c(-c3ccccc3)oc3ncnc(O[C@H]4CC[C@H](OCC(=O)O)C4)c23)cc1. The molecule has 0 radical (unpaired) electrons. The van der Waals surface area contributed by atoms with Crippen LogP contribution in [0.1, 0.15) is 19.3 Å². The molecule has 4 aromatic rings. The Hall–Kier alpha value is -3.91. The molecule has 0 bridgehead atoms. The van der Waals surface area contributed by atoms with Crippen molar-refractivity contribution in [2.45, 2.75) is 31.5 Å². The molecule has 2 aromatic heterocycles. The number of nitrogens with zero attached hydrogens (tertiary/aromatic N) is 2. The molecule has 8 nitrogen and oxygen atoms in total. The first-order valence-corrected chi connectivity index (χ1v) is 11.1. The largest absolute Gasteiger partial charge is 0.497 e. The van der Waals surface area contributed by atoms with Gasteiger partial charge in [-0.05, 0) is 30.5 Å². The van der Waals surface area contributed by atoms with E-state index in [4.69, 9.17) is 23.7 Å². The highest BCUT2D eigenvalue weighted by molar-refractivity contribution is 6.03. The maximum atomic E-state index is 10.8. The minimum absolute atomic E-state index is 0.143. The number of fused-ring (bicyclic) bond motifs is 1. The zero-order valence-corrected chi connectivity index (χ0v) is 18.6. The zero-order chi connectivity index (χ0) is 23.5. The molecular weight excluding hydrogens is 436 g/mol. The highest BCUT2D eigenvalue weighted by Crippen LogP contribution is 2.44. The average Bonchev–Trinajstić information content (AvgIpc) is 3.48. The molecule has 0 aliphatic heterocycles. The summed E-state index contributed by atoms with van der Waals surface area (Å²) in [6, 6.07) is 17.6. The van der Waals surface area contributed by atoms with Gasteiger partial charge in [-0.2, -0.15) is 0 Å². The minimum atomic E-state index is -0.974. The summed E-state index contributed by atoms with van der Waals surface area (Å²) in [4.78, 5) is 19.6. The van der Waals surface area contributed by atoms with Crippen LogP contribution in [0.3, 0.4) is 0 Å². The summed E-state index contributed by atoms with van der Waals surface area (Å²) in [6.45, 7) is -0.307. The third-order valence-corrected chi connectivity index (χ3v) is 5.93. The molecule has 2 heterocycles. The van der Waals surface area contributed by atoms with Gasteiger partial charge >= 0.3 is 5.97 Å². The third kappa shape index (κ3) is 4.45. The number of rotatable bonds is 8. The number of hydrogen-bond donors (Lipinski definition) is 1. The van der Waals surface area contributed by atoms with Gasteiger partial charge < -0.3 is 23.7 Å². The van der Waals surface area contributed by atoms with E-state index >= 15 is 0 Å². The molecular formula is C26H24N2O6. The Morgan fingerprint density at radius 3 is 2.53 bits per heavy atom. The fourth-order valence-corrected chi connectivity index (χ4v) is 4.33. The molecule has 34 heavy (non-hydrogen) atoms. The second kappa shape index (κ2) is 9.52. The van der Waals surface area contributed by atoms with Gasteiger partial charge in [-0.1, -0.05) is 42.5 Å². The number of benzene rings is 2. The zero-order valence-electron chi connectivity index (χ0n) is 18.6. The predicted molar refractivity (Wildman–Crippen MR) is 125 cm³/mol. The van der Waals surface area contributed by atoms with Crippen LogP contribution in [0.15, 0.2) is 65.3 Å². The Bertz CT molecular complexity index is 1290. The number of carboxylic acids is 1. The fraction of sp³-hybridized carbons (Fsp3) is 0.269. The number of hydrogen-bond acceptors (Lipinski definition) is 7. The lowest BCUT2D eigenvalue weighted by Crippen LogP contribution is -2.18. The lowest BCUT2D eigenvalue weighted by atomic mass is 9.99. The van der Waals surface area contributed by atoms with Crippen LogP contribution in [0.4, 0.5) is 0 Å². The van der Waals surface area contributed by atoms with Crippen LogP contribution in [0, 0.1) is 0 Å². The summed E-state index contributed by atoms with van der Waals surface area (Å²) in [5, 5.41) is 9.57. The monoisotopic (exact) mass is 460 g/mol. The van der Waals surface area contributed by atoms with Crippen LogP contribution < -0.4 is 9.47 Å². The van der Waals surface area contributed by atoms with Crippen LogP contribution in [0.2, 0.25) is 0 Å². The second-order valence-corrected chi connectivity index (χ2v) is 8.14. The normalized spacial score (nSPS) is 17.7. The maximum Gasteiger partial charge on any atom is 0.329 e. The van der Waals surface area contributed by atoms with Gasteiger partial charge in [-0.3, -0.25) is 0 Å². The van der Waals surface area contributed by atoms with E-state index in [0.717, 1.165) is 35.3 Å². The highest BCUT2D eigenvalue weighted by atomic mass is 16.5. The maximum absolute atomic E-state index is 10.8.